The van der Waals surface area contributed by atoms with Crippen LogP contribution < -0.4 is 5.32 Å². The number of hydrogen-bond donors (Lipinski definition) is 1. The Bertz CT molecular complexity index is 1380. The molecule has 0 saturated carbocycles. The third-order valence-electron chi connectivity index (χ3n) is 5.03. The second-order valence-corrected chi connectivity index (χ2v) is 7.72. The summed E-state index contributed by atoms with van der Waals surface area (Å²) in [4.78, 5) is 21.6. The Morgan fingerprint density at radius 1 is 0.875 bits per heavy atom. The molecule has 1 amide bonds. The summed E-state index contributed by atoms with van der Waals surface area (Å²) in [5.74, 6) is 0.978. The molecule has 32 heavy (non-hydrogen) atoms. The minimum atomic E-state index is -0.155. The van der Waals surface area contributed by atoms with Crippen LogP contribution in [0.25, 0.3) is 28.2 Å². The van der Waals surface area contributed by atoms with Crippen LogP contribution in [0.2, 0.25) is 5.02 Å². The van der Waals surface area contributed by atoms with E-state index in [0.29, 0.717) is 22.3 Å². The van der Waals surface area contributed by atoms with Crippen LogP contribution in [0.5, 0.6) is 0 Å². The number of nitrogens with one attached hydrogen (secondary N) is 1. The number of aromatic nitrogens is 4. The molecule has 3 heterocycles. The average Bonchev–Trinajstić information content (AvgIpc) is 3.26. The standard InChI is InChI=1S/C25H18ClN5O/c26-21-8-6-17(7-9-21)14-24(32)28-22-15-20(18-10-12-27-13-11-18)16-23-29-25(30-31(22)23)19-4-2-1-3-5-19/h1-13,15-16H,14H2,(H,28,32). The van der Waals surface area contributed by atoms with Gasteiger partial charge >= 0.3 is 0 Å². The van der Waals surface area contributed by atoms with E-state index in [4.69, 9.17) is 16.6 Å². The fourth-order valence-electron chi connectivity index (χ4n) is 3.47. The molecule has 0 atom stereocenters. The van der Waals surface area contributed by atoms with Crippen LogP contribution in [-0.4, -0.2) is 25.5 Å². The van der Waals surface area contributed by atoms with Gasteiger partial charge in [-0.2, -0.15) is 4.52 Å². The maximum absolute atomic E-state index is 12.8. The SMILES string of the molecule is O=C(Cc1ccc(Cl)cc1)Nc1cc(-c2ccncc2)cc2nc(-c3ccccc3)nn12. The molecule has 0 saturated heterocycles. The first kappa shape index (κ1) is 19.9. The monoisotopic (exact) mass is 439 g/mol. The molecule has 7 heteroatoms. The van der Waals surface area contributed by atoms with E-state index >= 15 is 0 Å². The lowest BCUT2D eigenvalue weighted by molar-refractivity contribution is -0.115. The van der Waals surface area contributed by atoms with Crippen molar-refractivity contribution in [3.8, 4) is 22.5 Å². The largest absolute Gasteiger partial charge is 0.310 e. The summed E-state index contributed by atoms with van der Waals surface area (Å²) >= 11 is 5.95. The first-order valence-electron chi connectivity index (χ1n) is 10.1. The molecular formula is C25H18ClN5O. The lowest BCUT2D eigenvalue weighted by Crippen LogP contribution is -2.17. The fraction of sp³-hybridized carbons (Fsp3) is 0.0400. The summed E-state index contributed by atoms with van der Waals surface area (Å²) in [7, 11) is 0. The second-order valence-electron chi connectivity index (χ2n) is 7.29. The zero-order valence-electron chi connectivity index (χ0n) is 16.9. The van der Waals surface area contributed by atoms with Crippen molar-refractivity contribution < 1.29 is 4.79 Å². The molecule has 6 nitrogen and oxygen atoms in total. The number of pyridine rings is 2. The molecule has 0 fully saturated rings. The van der Waals surface area contributed by atoms with Crippen molar-refractivity contribution in [3.63, 3.8) is 0 Å². The van der Waals surface area contributed by atoms with Crippen LogP contribution in [0, 0.1) is 0 Å². The molecule has 1 N–H and O–H groups in total. The maximum atomic E-state index is 12.8. The van der Waals surface area contributed by atoms with E-state index in [1.807, 2.05) is 66.7 Å². The molecule has 5 rings (SSSR count). The fourth-order valence-corrected chi connectivity index (χ4v) is 3.59. The van der Waals surface area contributed by atoms with E-state index in [-0.39, 0.29) is 12.3 Å². The van der Waals surface area contributed by atoms with Gasteiger partial charge in [0.05, 0.1) is 6.42 Å². The summed E-state index contributed by atoms with van der Waals surface area (Å²) in [6.07, 6.45) is 3.69. The number of hydrogen-bond acceptors (Lipinski definition) is 4. The Balaban J connectivity index is 1.54. The number of rotatable bonds is 5. The first-order valence-corrected chi connectivity index (χ1v) is 10.4. The molecule has 0 aliphatic heterocycles. The van der Waals surface area contributed by atoms with E-state index in [9.17, 15) is 4.79 Å². The van der Waals surface area contributed by atoms with E-state index in [2.05, 4.69) is 15.4 Å². The Morgan fingerprint density at radius 2 is 1.62 bits per heavy atom. The topological polar surface area (TPSA) is 72.2 Å². The zero-order valence-corrected chi connectivity index (χ0v) is 17.7. The van der Waals surface area contributed by atoms with E-state index in [0.717, 1.165) is 22.3 Å². The van der Waals surface area contributed by atoms with E-state index in [1.165, 1.54) is 0 Å². The third kappa shape index (κ3) is 4.22. The summed E-state index contributed by atoms with van der Waals surface area (Å²) in [6.45, 7) is 0. The number of anilines is 1. The number of carbonyl (C=O) groups excluding carboxylic acids is 1. The number of benzene rings is 2. The van der Waals surface area contributed by atoms with Gasteiger partial charge in [-0.15, -0.1) is 5.10 Å². The normalized spacial score (nSPS) is 10.9. The lowest BCUT2D eigenvalue weighted by atomic mass is 10.1. The molecule has 2 aromatic carbocycles. The highest BCUT2D eigenvalue weighted by atomic mass is 35.5. The highest BCUT2D eigenvalue weighted by Crippen LogP contribution is 2.26. The molecular weight excluding hydrogens is 422 g/mol. The van der Waals surface area contributed by atoms with Crippen molar-refractivity contribution in [1.82, 2.24) is 19.6 Å². The molecule has 0 aliphatic rings. The summed E-state index contributed by atoms with van der Waals surface area (Å²) in [5.41, 5.74) is 4.30. The van der Waals surface area contributed by atoms with Crippen molar-refractivity contribution in [3.05, 3.63) is 102 Å². The number of amides is 1. The number of carbonyl (C=O) groups is 1. The quantitative estimate of drug-likeness (QED) is 0.403. The molecule has 0 unspecified atom stereocenters. The molecule has 0 bridgehead atoms. The van der Waals surface area contributed by atoms with Crippen LogP contribution in [0.1, 0.15) is 5.56 Å². The van der Waals surface area contributed by atoms with Gasteiger partial charge in [-0.1, -0.05) is 54.1 Å². The molecule has 156 valence electrons. The minimum Gasteiger partial charge on any atom is -0.310 e. The average molecular weight is 440 g/mol. The highest BCUT2D eigenvalue weighted by Gasteiger charge is 2.14. The number of fused-ring (bicyclic) bond motifs is 1. The lowest BCUT2D eigenvalue weighted by Gasteiger charge is -2.10. The van der Waals surface area contributed by atoms with Crippen LogP contribution in [0.15, 0.2) is 91.3 Å². The molecule has 3 aromatic heterocycles. The molecule has 0 aliphatic carbocycles. The van der Waals surface area contributed by atoms with Crippen LogP contribution in [-0.2, 0) is 11.2 Å². The smallest absolute Gasteiger partial charge is 0.229 e. The highest BCUT2D eigenvalue weighted by molar-refractivity contribution is 6.30. The predicted octanol–water partition coefficient (Wildman–Crippen LogP) is 5.29. The summed E-state index contributed by atoms with van der Waals surface area (Å²) in [6, 6.07) is 24.6. The Hall–Kier alpha value is -4.03. The summed E-state index contributed by atoms with van der Waals surface area (Å²) in [5, 5.41) is 8.28. The van der Waals surface area contributed by atoms with Crippen molar-refractivity contribution in [2.24, 2.45) is 0 Å². The number of nitrogens with zero attached hydrogens (tertiary/aromatic N) is 4. The van der Waals surface area contributed by atoms with Gasteiger partial charge in [0, 0.05) is 23.0 Å². The van der Waals surface area contributed by atoms with Gasteiger partial charge in [0.15, 0.2) is 11.5 Å². The van der Waals surface area contributed by atoms with Crippen LogP contribution in [0.4, 0.5) is 5.82 Å². The zero-order chi connectivity index (χ0) is 21.9. The first-order chi connectivity index (χ1) is 15.7. The van der Waals surface area contributed by atoms with E-state index in [1.54, 1.807) is 29.0 Å². The van der Waals surface area contributed by atoms with Crippen molar-refractivity contribution in [2.75, 3.05) is 5.32 Å². The minimum absolute atomic E-state index is 0.155. The number of halogens is 1. The van der Waals surface area contributed by atoms with E-state index < -0.39 is 0 Å². The Morgan fingerprint density at radius 3 is 2.38 bits per heavy atom. The molecule has 0 spiro atoms. The maximum Gasteiger partial charge on any atom is 0.229 e. The van der Waals surface area contributed by atoms with Crippen LogP contribution in [0.3, 0.4) is 0 Å². The third-order valence-corrected chi connectivity index (χ3v) is 5.28. The van der Waals surface area contributed by atoms with Gasteiger partial charge in [0.2, 0.25) is 5.91 Å². The predicted molar refractivity (Wildman–Crippen MR) is 125 cm³/mol. The van der Waals surface area contributed by atoms with Gasteiger partial charge in [0.25, 0.3) is 0 Å². The van der Waals surface area contributed by atoms with Crippen LogP contribution >= 0.6 is 11.6 Å². The summed E-state index contributed by atoms with van der Waals surface area (Å²) < 4.78 is 1.66. The molecule has 5 aromatic rings. The second kappa shape index (κ2) is 8.61. The van der Waals surface area contributed by atoms with Gasteiger partial charge in [-0.3, -0.25) is 9.78 Å². The van der Waals surface area contributed by atoms with Gasteiger partial charge < -0.3 is 5.32 Å². The van der Waals surface area contributed by atoms with Crippen molar-refractivity contribution >= 4 is 29.0 Å². The van der Waals surface area contributed by atoms with Gasteiger partial charge in [-0.05, 0) is 53.1 Å². The molecule has 0 radical (unpaired) electrons. The Kier molecular flexibility index (Phi) is 5.35. The van der Waals surface area contributed by atoms with Gasteiger partial charge in [0.1, 0.15) is 5.82 Å². The Labute approximate surface area is 189 Å². The van der Waals surface area contributed by atoms with Crippen molar-refractivity contribution in [1.29, 1.82) is 0 Å². The van der Waals surface area contributed by atoms with Crippen molar-refractivity contribution in [2.45, 2.75) is 6.42 Å². The van der Waals surface area contributed by atoms with Gasteiger partial charge in [-0.25, -0.2) is 4.98 Å².